The fraction of sp³-hybridized carbons (Fsp3) is 0.542. The SMILES string of the molecule is CC(=O)N(C)CC(=O)N1CC(=O)C2C1CCN2C(=O)C(CC(C)C)NC(=O)c1ccc(N)cc1. The van der Waals surface area contributed by atoms with E-state index in [-0.39, 0.29) is 42.5 Å². The number of ketones is 1. The standard InChI is InChI=1S/C24H33N5O5/c1-14(2)11-18(26-23(33)16-5-7-17(25)8-6-16)24(34)28-10-9-19-22(28)20(31)12-29(19)21(32)13-27(4)15(3)30/h5-8,14,18-19,22H,9-13,25H2,1-4H3,(H,26,33). The van der Waals surface area contributed by atoms with Crippen molar-refractivity contribution in [2.24, 2.45) is 5.92 Å². The van der Waals surface area contributed by atoms with E-state index in [1.54, 1.807) is 24.3 Å². The first-order valence-corrected chi connectivity index (χ1v) is 11.5. The van der Waals surface area contributed by atoms with Crippen molar-refractivity contribution >= 4 is 35.1 Å². The first kappa shape index (κ1) is 25.2. The summed E-state index contributed by atoms with van der Waals surface area (Å²) in [5, 5.41) is 2.82. The number of nitrogens with one attached hydrogen (secondary N) is 1. The topological polar surface area (TPSA) is 133 Å². The zero-order valence-corrected chi connectivity index (χ0v) is 20.1. The van der Waals surface area contributed by atoms with Crippen LogP contribution in [-0.4, -0.2) is 88.9 Å². The lowest BCUT2D eigenvalue weighted by atomic mass is 10.0. The van der Waals surface area contributed by atoms with Gasteiger partial charge in [-0.25, -0.2) is 0 Å². The number of anilines is 1. The smallest absolute Gasteiger partial charge is 0.251 e. The van der Waals surface area contributed by atoms with Gasteiger partial charge in [0.2, 0.25) is 17.7 Å². The summed E-state index contributed by atoms with van der Waals surface area (Å²) < 4.78 is 0. The number of hydrogen-bond donors (Lipinski definition) is 2. The minimum absolute atomic E-state index is 0.0870. The lowest BCUT2D eigenvalue weighted by Gasteiger charge is -2.29. The van der Waals surface area contributed by atoms with Crippen molar-refractivity contribution in [3.63, 3.8) is 0 Å². The number of benzene rings is 1. The average molecular weight is 472 g/mol. The van der Waals surface area contributed by atoms with Crippen LogP contribution in [0.2, 0.25) is 0 Å². The van der Waals surface area contributed by atoms with Crippen LogP contribution in [0.5, 0.6) is 0 Å². The molecule has 2 heterocycles. The van der Waals surface area contributed by atoms with Crippen molar-refractivity contribution in [1.82, 2.24) is 20.0 Å². The molecule has 0 aromatic heterocycles. The van der Waals surface area contributed by atoms with E-state index in [0.717, 1.165) is 0 Å². The van der Waals surface area contributed by atoms with E-state index >= 15 is 0 Å². The normalized spacial score (nSPS) is 20.3. The van der Waals surface area contributed by atoms with Gasteiger partial charge in [-0.3, -0.25) is 24.0 Å². The van der Waals surface area contributed by atoms with Gasteiger partial charge in [0.1, 0.15) is 12.1 Å². The number of nitrogens with zero attached hydrogens (tertiary/aromatic N) is 3. The third-order valence-corrected chi connectivity index (χ3v) is 6.42. The minimum atomic E-state index is -0.801. The summed E-state index contributed by atoms with van der Waals surface area (Å²) >= 11 is 0. The number of carbonyl (C=O) groups is 5. The zero-order chi connectivity index (χ0) is 25.2. The van der Waals surface area contributed by atoms with Gasteiger partial charge in [0.05, 0.1) is 19.1 Å². The number of Topliss-reactive ketones (excluding diaryl/α,β-unsaturated/α-hetero) is 1. The molecule has 10 heteroatoms. The molecule has 0 saturated carbocycles. The molecule has 2 fully saturated rings. The maximum absolute atomic E-state index is 13.5. The number of likely N-dealkylation sites (tertiary alicyclic amines) is 2. The Morgan fingerprint density at radius 3 is 2.38 bits per heavy atom. The fourth-order valence-corrected chi connectivity index (χ4v) is 4.56. The lowest BCUT2D eigenvalue weighted by Crippen LogP contribution is -2.53. The second-order valence-electron chi connectivity index (χ2n) is 9.47. The third kappa shape index (κ3) is 5.37. The molecule has 3 unspecified atom stereocenters. The van der Waals surface area contributed by atoms with Gasteiger partial charge in [-0.2, -0.15) is 0 Å². The molecule has 0 bridgehead atoms. The van der Waals surface area contributed by atoms with Crippen LogP contribution in [0.3, 0.4) is 0 Å². The number of rotatable bonds is 7. The molecule has 4 amide bonds. The summed E-state index contributed by atoms with van der Waals surface area (Å²) in [7, 11) is 1.53. The van der Waals surface area contributed by atoms with Crippen LogP contribution in [0.4, 0.5) is 5.69 Å². The largest absolute Gasteiger partial charge is 0.399 e. The van der Waals surface area contributed by atoms with Gasteiger partial charge in [0, 0.05) is 31.8 Å². The highest BCUT2D eigenvalue weighted by molar-refractivity contribution is 6.01. The van der Waals surface area contributed by atoms with Crippen molar-refractivity contribution < 1.29 is 24.0 Å². The predicted molar refractivity (Wildman–Crippen MR) is 126 cm³/mol. The van der Waals surface area contributed by atoms with E-state index in [4.69, 9.17) is 5.73 Å². The molecule has 2 aliphatic rings. The third-order valence-electron chi connectivity index (χ3n) is 6.42. The van der Waals surface area contributed by atoms with Crippen molar-refractivity contribution in [1.29, 1.82) is 0 Å². The number of hydrogen-bond acceptors (Lipinski definition) is 6. The van der Waals surface area contributed by atoms with E-state index in [9.17, 15) is 24.0 Å². The molecule has 0 spiro atoms. The average Bonchev–Trinajstić information content (AvgIpc) is 3.34. The number of nitrogen functional groups attached to an aromatic ring is 1. The second kappa shape index (κ2) is 10.2. The molecule has 3 atom stereocenters. The highest BCUT2D eigenvalue weighted by Gasteiger charge is 2.52. The molecule has 34 heavy (non-hydrogen) atoms. The maximum Gasteiger partial charge on any atom is 0.251 e. The number of likely N-dealkylation sites (N-methyl/N-ethyl adjacent to an activating group) is 1. The Hall–Kier alpha value is -3.43. The second-order valence-corrected chi connectivity index (χ2v) is 9.47. The molecule has 2 saturated heterocycles. The minimum Gasteiger partial charge on any atom is -0.399 e. The van der Waals surface area contributed by atoms with E-state index in [0.29, 0.717) is 30.6 Å². The molecule has 0 radical (unpaired) electrons. The summed E-state index contributed by atoms with van der Waals surface area (Å²) in [6, 6.07) is 4.46. The Morgan fingerprint density at radius 2 is 1.79 bits per heavy atom. The van der Waals surface area contributed by atoms with Gasteiger partial charge in [-0.1, -0.05) is 13.8 Å². The Morgan fingerprint density at radius 1 is 1.15 bits per heavy atom. The van der Waals surface area contributed by atoms with Gasteiger partial charge in [-0.15, -0.1) is 0 Å². The number of nitrogens with two attached hydrogens (primary N) is 1. The summed E-state index contributed by atoms with van der Waals surface area (Å²) in [5.74, 6) is -1.36. The summed E-state index contributed by atoms with van der Waals surface area (Å²) in [4.78, 5) is 67.7. The van der Waals surface area contributed by atoms with Crippen molar-refractivity contribution in [3.8, 4) is 0 Å². The van der Waals surface area contributed by atoms with Crippen molar-refractivity contribution in [2.45, 2.75) is 51.7 Å². The molecular weight excluding hydrogens is 438 g/mol. The quantitative estimate of drug-likeness (QED) is 0.549. The summed E-state index contributed by atoms with van der Waals surface area (Å²) in [6.45, 7) is 5.39. The fourth-order valence-electron chi connectivity index (χ4n) is 4.56. The Labute approximate surface area is 199 Å². The summed E-state index contributed by atoms with van der Waals surface area (Å²) in [5.41, 5.74) is 6.61. The molecule has 184 valence electrons. The van der Waals surface area contributed by atoms with Crippen LogP contribution in [0, 0.1) is 5.92 Å². The first-order chi connectivity index (χ1) is 16.0. The monoisotopic (exact) mass is 471 g/mol. The van der Waals surface area contributed by atoms with E-state index in [1.807, 2.05) is 13.8 Å². The number of carbonyl (C=O) groups excluding carboxylic acids is 5. The molecule has 1 aromatic rings. The van der Waals surface area contributed by atoms with Crippen LogP contribution in [-0.2, 0) is 19.2 Å². The zero-order valence-electron chi connectivity index (χ0n) is 20.1. The van der Waals surface area contributed by atoms with Gasteiger partial charge in [0.25, 0.3) is 5.91 Å². The number of fused-ring (bicyclic) bond motifs is 1. The number of amides is 4. The van der Waals surface area contributed by atoms with Gasteiger partial charge >= 0.3 is 0 Å². The van der Waals surface area contributed by atoms with Crippen molar-refractivity contribution in [2.75, 3.05) is 32.4 Å². The highest BCUT2D eigenvalue weighted by atomic mass is 16.2. The Bertz CT molecular complexity index is 976. The molecular formula is C24H33N5O5. The first-order valence-electron chi connectivity index (χ1n) is 11.5. The molecule has 1 aromatic carbocycles. The molecule has 10 nitrogen and oxygen atoms in total. The van der Waals surface area contributed by atoms with Crippen LogP contribution >= 0.6 is 0 Å². The highest BCUT2D eigenvalue weighted by Crippen LogP contribution is 2.31. The molecule has 0 aliphatic carbocycles. The molecule has 3 rings (SSSR count). The lowest BCUT2D eigenvalue weighted by molar-refractivity contribution is -0.139. The molecule has 3 N–H and O–H groups in total. The maximum atomic E-state index is 13.5. The van der Waals surface area contributed by atoms with Crippen LogP contribution in [0.15, 0.2) is 24.3 Å². The predicted octanol–water partition coefficient (Wildman–Crippen LogP) is 0.272. The Kier molecular flexibility index (Phi) is 7.58. The van der Waals surface area contributed by atoms with Crippen molar-refractivity contribution in [3.05, 3.63) is 29.8 Å². The van der Waals surface area contributed by atoms with E-state index in [1.165, 1.54) is 28.7 Å². The van der Waals surface area contributed by atoms with Crippen LogP contribution < -0.4 is 11.1 Å². The van der Waals surface area contributed by atoms with E-state index in [2.05, 4.69) is 5.32 Å². The van der Waals surface area contributed by atoms with Crippen LogP contribution in [0.1, 0.15) is 44.0 Å². The van der Waals surface area contributed by atoms with Crippen LogP contribution in [0.25, 0.3) is 0 Å². The van der Waals surface area contributed by atoms with Gasteiger partial charge in [0.15, 0.2) is 5.78 Å². The van der Waals surface area contributed by atoms with Gasteiger partial charge in [-0.05, 0) is 43.0 Å². The Balaban J connectivity index is 1.74. The van der Waals surface area contributed by atoms with E-state index < -0.39 is 24.0 Å². The van der Waals surface area contributed by atoms with Gasteiger partial charge < -0.3 is 25.8 Å². The summed E-state index contributed by atoms with van der Waals surface area (Å²) in [6.07, 6.45) is 0.881. The molecule has 2 aliphatic heterocycles.